The zero-order valence-corrected chi connectivity index (χ0v) is 12.8. The van der Waals surface area contributed by atoms with Crippen LogP contribution in [-0.2, 0) is 4.74 Å². The minimum atomic E-state index is 0.315. The summed E-state index contributed by atoms with van der Waals surface area (Å²) in [5, 5.41) is 0. The average Bonchev–Trinajstić information content (AvgIpc) is 2.38. The Kier molecular flexibility index (Phi) is 4.56. The molecule has 2 rings (SSSR count). The molecule has 0 N–H and O–H groups in total. The van der Waals surface area contributed by atoms with Crippen LogP contribution in [0.4, 0.5) is 5.82 Å². The van der Waals surface area contributed by atoms with Crippen LogP contribution in [0.25, 0.3) is 0 Å². The maximum absolute atomic E-state index is 5.69. The Labute approximate surface area is 117 Å². The lowest BCUT2D eigenvalue weighted by Crippen LogP contribution is -2.42. The number of aromatic nitrogens is 2. The Morgan fingerprint density at radius 1 is 1.50 bits per heavy atom. The quantitative estimate of drug-likeness (QED) is 0.804. The first kappa shape index (κ1) is 13.7. The molecule has 0 spiro atoms. The van der Waals surface area contributed by atoms with Gasteiger partial charge in [-0.1, -0.05) is 20.8 Å². The van der Waals surface area contributed by atoms with Gasteiger partial charge in [0.2, 0.25) is 0 Å². The van der Waals surface area contributed by atoms with Crippen LogP contribution >= 0.6 is 15.9 Å². The second-order valence-corrected chi connectivity index (χ2v) is 5.72. The fourth-order valence-corrected chi connectivity index (χ4v) is 2.40. The second-order valence-electron chi connectivity index (χ2n) is 4.91. The van der Waals surface area contributed by atoms with Gasteiger partial charge in [0.1, 0.15) is 16.2 Å². The van der Waals surface area contributed by atoms with Crippen molar-refractivity contribution in [3.63, 3.8) is 0 Å². The van der Waals surface area contributed by atoms with Crippen LogP contribution in [-0.4, -0.2) is 35.8 Å². The first-order valence-corrected chi connectivity index (χ1v) is 7.30. The predicted octanol–water partition coefficient (Wildman–Crippen LogP) is 2.98. The van der Waals surface area contributed by atoms with Crippen molar-refractivity contribution in [3.8, 4) is 0 Å². The van der Waals surface area contributed by atoms with Gasteiger partial charge in [-0.3, -0.25) is 0 Å². The molecule has 1 unspecified atom stereocenters. The summed E-state index contributed by atoms with van der Waals surface area (Å²) in [5.41, 5.74) is 0. The van der Waals surface area contributed by atoms with E-state index in [0.717, 1.165) is 42.4 Å². The van der Waals surface area contributed by atoms with Gasteiger partial charge < -0.3 is 9.64 Å². The Morgan fingerprint density at radius 3 is 2.94 bits per heavy atom. The van der Waals surface area contributed by atoms with Crippen molar-refractivity contribution in [2.24, 2.45) is 0 Å². The molecule has 0 aromatic carbocycles. The number of hydrogen-bond acceptors (Lipinski definition) is 4. The van der Waals surface area contributed by atoms with E-state index in [2.05, 4.69) is 51.6 Å². The van der Waals surface area contributed by atoms with E-state index in [-0.39, 0.29) is 0 Å². The van der Waals surface area contributed by atoms with Gasteiger partial charge in [-0.2, -0.15) is 0 Å². The third kappa shape index (κ3) is 3.20. The number of nitrogens with zero attached hydrogens (tertiary/aromatic N) is 3. The zero-order valence-electron chi connectivity index (χ0n) is 11.2. The molecule has 5 heteroatoms. The minimum Gasteiger partial charge on any atom is -0.375 e. The van der Waals surface area contributed by atoms with Crippen LogP contribution in [0, 0.1) is 0 Å². The topological polar surface area (TPSA) is 38.2 Å². The van der Waals surface area contributed by atoms with Crippen LogP contribution in [0.3, 0.4) is 0 Å². The fourth-order valence-electron chi connectivity index (χ4n) is 2.02. The molecule has 0 bridgehead atoms. The highest BCUT2D eigenvalue weighted by molar-refractivity contribution is 9.10. The first-order valence-electron chi connectivity index (χ1n) is 6.51. The van der Waals surface area contributed by atoms with Crippen molar-refractivity contribution in [2.45, 2.75) is 39.2 Å². The van der Waals surface area contributed by atoms with Gasteiger partial charge in [0, 0.05) is 25.1 Å². The van der Waals surface area contributed by atoms with Crippen LogP contribution in [0.15, 0.2) is 10.7 Å². The molecule has 1 aliphatic heterocycles. The summed E-state index contributed by atoms with van der Waals surface area (Å²) in [5.74, 6) is 2.23. The van der Waals surface area contributed by atoms with Crippen molar-refractivity contribution in [1.29, 1.82) is 0 Å². The maximum atomic E-state index is 5.69. The molecule has 0 aliphatic carbocycles. The van der Waals surface area contributed by atoms with Gasteiger partial charge in [-0.25, -0.2) is 9.97 Å². The van der Waals surface area contributed by atoms with Gasteiger partial charge >= 0.3 is 0 Å². The zero-order chi connectivity index (χ0) is 13.1. The monoisotopic (exact) mass is 313 g/mol. The largest absolute Gasteiger partial charge is 0.375 e. The van der Waals surface area contributed by atoms with E-state index in [1.165, 1.54) is 0 Å². The molecule has 2 heterocycles. The van der Waals surface area contributed by atoms with E-state index < -0.39 is 0 Å². The van der Waals surface area contributed by atoms with Gasteiger partial charge in [-0.15, -0.1) is 0 Å². The molecule has 1 fully saturated rings. The number of rotatable bonds is 3. The lowest BCUT2D eigenvalue weighted by Gasteiger charge is -2.33. The number of ether oxygens (including phenoxy) is 1. The summed E-state index contributed by atoms with van der Waals surface area (Å²) >= 11 is 3.47. The number of hydrogen-bond donors (Lipinski definition) is 0. The van der Waals surface area contributed by atoms with Gasteiger partial charge in [-0.05, 0) is 22.4 Å². The van der Waals surface area contributed by atoms with Crippen LogP contribution in [0.5, 0.6) is 0 Å². The van der Waals surface area contributed by atoms with E-state index in [1.807, 2.05) is 6.07 Å². The summed E-state index contributed by atoms with van der Waals surface area (Å²) in [6.07, 6.45) is 1.36. The molecule has 1 saturated heterocycles. The van der Waals surface area contributed by atoms with E-state index in [1.54, 1.807) is 0 Å². The molecule has 1 aromatic heterocycles. The third-order valence-electron chi connectivity index (χ3n) is 3.13. The summed E-state index contributed by atoms with van der Waals surface area (Å²) in [6, 6.07) is 1.99. The van der Waals surface area contributed by atoms with E-state index in [4.69, 9.17) is 4.74 Å². The van der Waals surface area contributed by atoms with Crippen molar-refractivity contribution >= 4 is 21.7 Å². The molecule has 1 atom stereocenters. The molecule has 0 amide bonds. The first-order chi connectivity index (χ1) is 8.60. The summed E-state index contributed by atoms with van der Waals surface area (Å²) < 4.78 is 6.55. The van der Waals surface area contributed by atoms with Crippen molar-refractivity contribution < 1.29 is 4.74 Å². The molecule has 0 radical (unpaired) electrons. The van der Waals surface area contributed by atoms with Crippen LogP contribution < -0.4 is 4.90 Å². The smallest absolute Gasteiger partial charge is 0.134 e. The maximum Gasteiger partial charge on any atom is 0.134 e. The average molecular weight is 314 g/mol. The Balaban J connectivity index is 2.21. The number of halogens is 1. The van der Waals surface area contributed by atoms with Gasteiger partial charge in [0.05, 0.1) is 12.7 Å². The highest BCUT2D eigenvalue weighted by atomic mass is 79.9. The predicted molar refractivity (Wildman–Crippen MR) is 76.1 cm³/mol. The summed E-state index contributed by atoms with van der Waals surface area (Å²) in [7, 11) is 0. The fraction of sp³-hybridized carbons (Fsp3) is 0.692. The number of anilines is 1. The Morgan fingerprint density at radius 2 is 2.28 bits per heavy atom. The number of morpholine rings is 1. The summed E-state index contributed by atoms with van der Waals surface area (Å²) in [4.78, 5) is 11.4. The van der Waals surface area contributed by atoms with Gasteiger partial charge in [0.25, 0.3) is 0 Å². The standard InChI is InChI=1S/C13H20BrN3O/c1-4-10-8-17(5-6-18-10)12-7-11(14)15-13(16-12)9(2)3/h7,9-10H,4-6,8H2,1-3H3. The molecular weight excluding hydrogens is 294 g/mol. The van der Waals surface area contributed by atoms with Crippen molar-refractivity contribution in [3.05, 3.63) is 16.5 Å². The van der Waals surface area contributed by atoms with E-state index >= 15 is 0 Å². The third-order valence-corrected chi connectivity index (χ3v) is 3.54. The molecule has 0 saturated carbocycles. The van der Waals surface area contributed by atoms with Crippen molar-refractivity contribution in [2.75, 3.05) is 24.6 Å². The SMILES string of the molecule is CCC1CN(c2cc(Br)nc(C(C)C)n2)CCO1. The lowest BCUT2D eigenvalue weighted by atomic mass is 10.2. The minimum absolute atomic E-state index is 0.315. The molecule has 1 aliphatic rings. The molecule has 1 aromatic rings. The Bertz CT molecular complexity index is 411. The summed E-state index contributed by atoms with van der Waals surface area (Å²) in [6.45, 7) is 8.97. The molecule has 4 nitrogen and oxygen atoms in total. The molecule has 18 heavy (non-hydrogen) atoms. The van der Waals surface area contributed by atoms with Crippen LogP contribution in [0.2, 0.25) is 0 Å². The second kappa shape index (κ2) is 5.97. The van der Waals surface area contributed by atoms with E-state index in [0.29, 0.717) is 12.0 Å². The molecular formula is C13H20BrN3O. The van der Waals surface area contributed by atoms with E-state index in [9.17, 15) is 0 Å². The van der Waals surface area contributed by atoms with Crippen molar-refractivity contribution in [1.82, 2.24) is 9.97 Å². The van der Waals surface area contributed by atoms with Crippen LogP contribution in [0.1, 0.15) is 38.9 Å². The normalized spacial score (nSPS) is 20.5. The highest BCUT2D eigenvalue weighted by Crippen LogP contribution is 2.22. The Hall–Kier alpha value is -0.680. The molecule has 100 valence electrons. The van der Waals surface area contributed by atoms with Gasteiger partial charge in [0.15, 0.2) is 0 Å². The highest BCUT2D eigenvalue weighted by Gasteiger charge is 2.21. The lowest BCUT2D eigenvalue weighted by molar-refractivity contribution is 0.0381.